The highest BCUT2D eigenvalue weighted by Gasteiger charge is 2.21. The van der Waals surface area contributed by atoms with Gasteiger partial charge in [-0.2, -0.15) is 0 Å². The highest BCUT2D eigenvalue weighted by molar-refractivity contribution is 8.01. The number of carbonyl (C=O) groups is 1. The van der Waals surface area contributed by atoms with E-state index in [0.29, 0.717) is 29.3 Å². The van der Waals surface area contributed by atoms with Gasteiger partial charge < -0.3 is 10.6 Å². The summed E-state index contributed by atoms with van der Waals surface area (Å²) in [6, 6.07) is 6.87. The lowest BCUT2D eigenvalue weighted by Gasteiger charge is -2.14. The average molecular weight is 381 g/mol. The molecule has 0 bridgehead atoms. The van der Waals surface area contributed by atoms with Crippen molar-refractivity contribution in [1.82, 2.24) is 10.6 Å². The Morgan fingerprint density at radius 1 is 1.26 bits per heavy atom. The lowest BCUT2D eigenvalue weighted by molar-refractivity contribution is -0.120. The van der Waals surface area contributed by atoms with Crippen molar-refractivity contribution in [2.45, 2.75) is 35.3 Å². The normalized spacial score (nSPS) is 12.3. The molecule has 0 aliphatic rings. The maximum Gasteiger partial charge on any atom is 0.233 e. The summed E-state index contributed by atoms with van der Waals surface area (Å²) in [5.41, 5.74) is 0. The number of likely N-dealkylation sites (N-methyl/N-ethyl adjacent to an activating group) is 1. The SMILES string of the molecule is CCCS(=O)(=O)c1ccccc1SC(C)C(=O)NCCNC.Cl. The van der Waals surface area contributed by atoms with Gasteiger partial charge in [-0.25, -0.2) is 8.42 Å². The first kappa shape index (κ1) is 22.2. The predicted molar refractivity (Wildman–Crippen MR) is 98.3 cm³/mol. The smallest absolute Gasteiger partial charge is 0.233 e. The number of benzene rings is 1. The molecule has 0 heterocycles. The van der Waals surface area contributed by atoms with E-state index in [2.05, 4.69) is 10.6 Å². The Morgan fingerprint density at radius 3 is 2.52 bits per heavy atom. The van der Waals surface area contributed by atoms with Crippen molar-refractivity contribution < 1.29 is 13.2 Å². The molecule has 8 heteroatoms. The van der Waals surface area contributed by atoms with Crippen LogP contribution in [0.25, 0.3) is 0 Å². The van der Waals surface area contributed by atoms with Gasteiger partial charge in [0.1, 0.15) is 0 Å². The first-order valence-electron chi connectivity index (χ1n) is 7.33. The van der Waals surface area contributed by atoms with Crippen molar-refractivity contribution in [3.8, 4) is 0 Å². The fraction of sp³-hybridized carbons (Fsp3) is 0.533. The molecule has 0 spiro atoms. The quantitative estimate of drug-likeness (QED) is 0.507. The van der Waals surface area contributed by atoms with Crippen LogP contribution in [0.3, 0.4) is 0 Å². The second-order valence-corrected chi connectivity index (χ2v) is 8.38. The molecule has 1 unspecified atom stereocenters. The number of thioether (sulfide) groups is 1. The number of halogens is 1. The fourth-order valence-corrected chi connectivity index (χ4v) is 4.74. The van der Waals surface area contributed by atoms with Crippen molar-refractivity contribution in [3.63, 3.8) is 0 Å². The number of amides is 1. The molecule has 0 fully saturated rings. The number of nitrogens with one attached hydrogen (secondary N) is 2. The van der Waals surface area contributed by atoms with E-state index in [1.807, 2.05) is 14.0 Å². The number of hydrogen-bond donors (Lipinski definition) is 2. The minimum atomic E-state index is -3.30. The first-order valence-corrected chi connectivity index (χ1v) is 9.86. The van der Waals surface area contributed by atoms with E-state index < -0.39 is 9.84 Å². The molecule has 0 radical (unpaired) electrons. The molecule has 0 saturated carbocycles. The molecule has 0 aliphatic carbocycles. The van der Waals surface area contributed by atoms with Crippen LogP contribution in [0.15, 0.2) is 34.1 Å². The van der Waals surface area contributed by atoms with Gasteiger partial charge >= 0.3 is 0 Å². The minimum Gasteiger partial charge on any atom is -0.354 e. The first-order chi connectivity index (χ1) is 10.4. The minimum absolute atomic E-state index is 0. The molecular formula is C15H25ClN2O3S2. The summed E-state index contributed by atoms with van der Waals surface area (Å²) in [5.74, 6) is 0.0239. The molecule has 5 nitrogen and oxygen atoms in total. The summed E-state index contributed by atoms with van der Waals surface area (Å²) in [7, 11) is -1.48. The summed E-state index contributed by atoms with van der Waals surface area (Å²) in [6.07, 6.45) is 0.571. The van der Waals surface area contributed by atoms with Crippen molar-refractivity contribution in [2.75, 3.05) is 25.9 Å². The number of sulfone groups is 1. The third kappa shape index (κ3) is 7.12. The fourth-order valence-electron chi connectivity index (χ4n) is 1.88. The standard InChI is InChI=1S/C15H24N2O3S2.ClH/c1-4-11-22(19,20)14-8-6-5-7-13(14)21-12(2)15(18)17-10-9-16-3;/h5-8,12,16H,4,9-11H2,1-3H3,(H,17,18);1H. The molecule has 1 aromatic carbocycles. The van der Waals surface area contributed by atoms with Crippen molar-refractivity contribution in [2.24, 2.45) is 0 Å². The van der Waals surface area contributed by atoms with Crippen LogP contribution in [0, 0.1) is 0 Å². The summed E-state index contributed by atoms with van der Waals surface area (Å²) in [6.45, 7) is 4.87. The van der Waals surface area contributed by atoms with Crippen LogP contribution in [0.2, 0.25) is 0 Å². The lowest BCUT2D eigenvalue weighted by Crippen LogP contribution is -2.35. The van der Waals surface area contributed by atoms with E-state index in [9.17, 15) is 13.2 Å². The largest absolute Gasteiger partial charge is 0.354 e. The Labute approximate surface area is 149 Å². The van der Waals surface area contributed by atoms with Crippen LogP contribution in [0.5, 0.6) is 0 Å². The lowest BCUT2D eigenvalue weighted by atomic mass is 10.4. The zero-order valence-corrected chi connectivity index (χ0v) is 16.1. The Balaban J connectivity index is 0.00000484. The van der Waals surface area contributed by atoms with Crippen LogP contribution in [-0.2, 0) is 14.6 Å². The number of carbonyl (C=O) groups excluding carboxylic acids is 1. The second-order valence-electron chi connectivity index (χ2n) is 4.92. The Bertz CT molecular complexity index is 594. The highest BCUT2D eigenvalue weighted by atomic mass is 35.5. The topological polar surface area (TPSA) is 75.3 Å². The van der Waals surface area contributed by atoms with Crippen molar-refractivity contribution in [3.05, 3.63) is 24.3 Å². The molecule has 23 heavy (non-hydrogen) atoms. The van der Waals surface area contributed by atoms with Crippen LogP contribution in [0.4, 0.5) is 0 Å². The highest BCUT2D eigenvalue weighted by Crippen LogP contribution is 2.30. The van der Waals surface area contributed by atoms with E-state index >= 15 is 0 Å². The molecule has 0 aromatic heterocycles. The molecule has 1 atom stereocenters. The third-order valence-electron chi connectivity index (χ3n) is 3.00. The van der Waals surface area contributed by atoms with Crippen LogP contribution >= 0.6 is 24.2 Å². The van der Waals surface area contributed by atoms with Gasteiger partial charge in [0, 0.05) is 18.0 Å². The van der Waals surface area contributed by atoms with Gasteiger partial charge in [0.25, 0.3) is 0 Å². The Morgan fingerprint density at radius 2 is 1.91 bits per heavy atom. The summed E-state index contributed by atoms with van der Waals surface area (Å²) in [4.78, 5) is 12.9. The van der Waals surface area contributed by atoms with E-state index in [1.165, 1.54) is 11.8 Å². The van der Waals surface area contributed by atoms with E-state index in [-0.39, 0.29) is 29.3 Å². The molecule has 1 amide bonds. The molecule has 0 saturated heterocycles. The monoisotopic (exact) mass is 380 g/mol. The van der Waals surface area contributed by atoms with Gasteiger partial charge in [-0.15, -0.1) is 24.2 Å². The van der Waals surface area contributed by atoms with Crippen LogP contribution in [0.1, 0.15) is 20.3 Å². The summed E-state index contributed by atoms with van der Waals surface area (Å²) < 4.78 is 24.6. The zero-order chi connectivity index (χ0) is 16.6. The van der Waals surface area contributed by atoms with E-state index in [0.717, 1.165) is 0 Å². The maximum atomic E-state index is 12.3. The van der Waals surface area contributed by atoms with E-state index in [1.54, 1.807) is 31.2 Å². The molecule has 1 rings (SSSR count). The second kappa shape index (κ2) is 10.9. The van der Waals surface area contributed by atoms with Crippen LogP contribution < -0.4 is 10.6 Å². The van der Waals surface area contributed by atoms with Gasteiger partial charge in [-0.1, -0.05) is 19.1 Å². The van der Waals surface area contributed by atoms with Gasteiger partial charge in [0.2, 0.25) is 5.91 Å². The maximum absolute atomic E-state index is 12.3. The summed E-state index contributed by atoms with van der Waals surface area (Å²) >= 11 is 1.28. The van der Waals surface area contributed by atoms with Crippen LogP contribution in [-0.4, -0.2) is 45.5 Å². The molecule has 2 N–H and O–H groups in total. The Hall–Kier alpha value is -0.760. The predicted octanol–water partition coefficient (Wildman–Crippen LogP) is 2.11. The number of rotatable bonds is 9. The van der Waals surface area contributed by atoms with Gasteiger partial charge in [0.15, 0.2) is 9.84 Å². The van der Waals surface area contributed by atoms with Crippen molar-refractivity contribution in [1.29, 1.82) is 0 Å². The van der Waals surface area contributed by atoms with Crippen molar-refractivity contribution >= 4 is 39.9 Å². The third-order valence-corrected chi connectivity index (χ3v) is 6.28. The number of hydrogen-bond acceptors (Lipinski definition) is 5. The van der Waals surface area contributed by atoms with E-state index in [4.69, 9.17) is 0 Å². The Kier molecular flexibility index (Phi) is 10.6. The molecule has 0 aliphatic heterocycles. The zero-order valence-electron chi connectivity index (χ0n) is 13.7. The molecular weight excluding hydrogens is 356 g/mol. The van der Waals surface area contributed by atoms with Gasteiger partial charge in [-0.05, 0) is 32.5 Å². The average Bonchev–Trinajstić information content (AvgIpc) is 2.47. The molecule has 132 valence electrons. The molecule has 1 aromatic rings. The van der Waals surface area contributed by atoms with Gasteiger partial charge in [-0.3, -0.25) is 4.79 Å². The summed E-state index contributed by atoms with van der Waals surface area (Å²) in [5, 5.41) is 5.42. The van der Waals surface area contributed by atoms with Gasteiger partial charge in [0.05, 0.1) is 15.9 Å².